The number of benzene rings is 2. The summed E-state index contributed by atoms with van der Waals surface area (Å²) in [6.07, 6.45) is 5.10. The highest BCUT2D eigenvalue weighted by atomic mass is 19.1. The van der Waals surface area contributed by atoms with Crippen molar-refractivity contribution in [3.63, 3.8) is 0 Å². The molecule has 0 N–H and O–H groups in total. The van der Waals surface area contributed by atoms with Gasteiger partial charge in [0.05, 0.1) is 16.8 Å². The summed E-state index contributed by atoms with van der Waals surface area (Å²) >= 11 is 0. The van der Waals surface area contributed by atoms with Gasteiger partial charge in [-0.25, -0.2) is 14.2 Å². The van der Waals surface area contributed by atoms with E-state index in [1.54, 1.807) is 12.1 Å². The Morgan fingerprint density at radius 2 is 1.77 bits per heavy atom. The molecule has 26 heavy (non-hydrogen) atoms. The number of pyridine rings is 1. The Balaban J connectivity index is 1.77. The third-order valence-corrected chi connectivity index (χ3v) is 4.89. The highest BCUT2D eigenvalue weighted by Crippen LogP contribution is 2.28. The predicted octanol–water partition coefficient (Wildman–Crippen LogP) is 5.53. The maximum absolute atomic E-state index is 13.8. The molecule has 1 saturated carbocycles. The van der Waals surface area contributed by atoms with E-state index in [2.05, 4.69) is 4.98 Å². The minimum absolute atomic E-state index is 0.0480. The lowest BCUT2D eigenvalue weighted by atomic mass is 9.97. The first-order chi connectivity index (χ1) is 12.7. The number of carbonyl (C=O) groups is 1. The second-order valence-corrected chi connectivity index (χ2v) is 6.75. The van der Waals surface area contributed by atoms with Gasteiger partial charge in [-0.15, -0.1) is 0 Å². The quantitative estimate of drug-likeness (QED) is 0.584. The Bertz CT molecular complexity index is 934. The molecule has 2 aromatic carbocycles. The molecule has 1 fully saturated rings. The lowest BCUT2D eigenvalue weighted by molar-refractivity contribution is 0.0213. The van der Waals surface area contributed by atoms with Crippen LogP contribution in [0.1, 0.15) is 42.5 Å². The maximum atomic E-state index is 13.8. The van der Waals surface area contributed by atoms with Gasteiger partial charge in [0.15, 0.2) is 0 Å². The van der Waals surface area contributed by atoms with Gasteiger partial charge in [-0.05, 0) is 49.9 Å². The van der Waals surface area contributed by atoms with Gasteiger partial charge in [-0.1, -0.05) is 36.8 Å². The van der Waals surface area contributed by atoms with Crippen molar-refractivity contribution in [3.05, 3.63) is 66.0 Å². The van der Waals surface area contributed by atoms with Crippen LogP contribution in [0.2, 0.25) is 0 Å². The van der Waals surface area contributed by atoms with Crippen LogP contribution in [-0.2, 0) is 4.74 Å². The normalized spacial score (nSPS) is 15.1. The van der Waals surface area contributed by atoms with Gasteiger partial charge in [0, 0.05) is 10.9 Å². The molecule has 0 saturated heterocycles. The summed E-state index contributed by atoms with van der Waals surface area (Å²) in [6.45, 7) is 0. The van der Waals surface area contributed by atoms with Crippen molar-refractivity contribution >= 4 is 16.9 Å². The van der Waals surface area contributed by atoms with Crippen molar-refractivity contribution in [2.24, 2.45) is 0 Å². The summed E-state index contributed by atoms with van der Waals surface area (Å²) in [6, 6.07) is 15.7. The Morgan fingerprint density at radius 3 is 2.54 bits per heavy atom. The topological polar surface area (TPSA) is 39.2 Å². The van der Waals surface area contributed by atoms with Crippen molar-refractivity contribution in [1.29, 1.82) is 0 Å². The second kappa shape index (κ2) is 7.24. The molecular weight excluding hydrogens is 329 g/mol. The second-order valence-electron chi connectivity index (χ2n) is 6.75. The lowest BCUT2D eigenvalue weighted by Gasteiger charge is -2.22. The highest BCUT2D eigenvalue weighted by molar-refractivity contribution is 6.04. The van der Waals surface area contributed by atoms with Crippen molar-refractivity contribution < 1.29 is 13.9 Å². The summed E-state index contributed by atoms with van der Waals surface area (Å²) in [5, 5.41) is 0.491. The molecule has 3 aromatic rings. The van der Waals surface area contributed by atoms with Crippen molar-refractivity contribution in [3.8, 4) is 11.3 Å². The highest BCUT2D eigenvalue weighted by Gasteiger charge is 2.21. The van der Waals surface area contributed by atoms with Gasteiger partial charge in [-0.3, -0.25) is 0 Å². The van der Waals surface area contributed by atoms with E-state index in [0.717, 1.165) is 31.2 Å². The lowest BCUT2D eigenvalue weighted by Crippen LogP contribution is -2.21. The van der Waals surface area contributed by atoms with E-state index in [0.29, 0.717) is 22.2 Å². The molecule has 0 bridgehead atoms. The summed E-state index contributed by atoms with van der Waals surface area (Å²) in [5.41, 5.74) is 2.55. The molecule has 1 aliphatic carbocycles. The van der Waals surface area contributed by atoms with E-state index < -0.39 is 11.8 Å². The minimum atomic E-state index is -0.396. The number of esters is 1. The number of carbonyl (C=O) groups excluding carboxylic acids is 1. The first-order valence-corrected chi connectivity index (χ1v) is 9.07. The van der Waals surface area contributed by atoms with Crippen LogP contribution in [0.5, 0.6) is 0 Å². The standard InChI is InChI=1S/C22H20FNO2/c23-16-11-12-20-18(13-16)19(22(25)26-17-9-5-2-6-10-17)14-21(24-20)15-7-3-1-4-8-15/h1,3-4,7-8,11-14,17H,2,5-6,9-10H2. The van der Waals surface area contributed by atoms with E-state index in [9.17, 15) is 9.18 Å². The average Bonchev–Trinajstić information content (AvgIpc) is 2.68. The number of aromatic nitrogens is 1. The molecule has 0 unspecified atom stereocenters. The molecule has 0 atom stereocenters. The van der Waals surface area contributed by atoms with Crippen LogP contribution < -0.4 is 0 Å². The molecule has 4 heteroatoms. The molecule has 1 heterocycles. The zero-order valence-corrected chi connectivity index (χ0v) is 14.5. The largest absolute Gasteiger partial charge is 0.459 e. The summed E-state index contributed by atoms with van der Waals surface area (Å²) in [5.74, 6) is -0.787. The number of ether oxygens (including phenoxy) is 1. The van der Waals surface area contributed by atoms with E-state index in [4.69, 9.17) is 4.74 Å². The molecule has 1 aromatic heterocycles. The zero-order chi connectivity index (χ0) is 17.9. The van der Waals surface area contributed by atoms with Crippen LogP contribution in [0, 0.1) is 5.82 Å². The first-order valence-electron chi connectivity index (χ1n) is 9.07. The molecule has 0 radical (unpaired) electrons. The molecule has 0 amide bonds. The van der Waals surface area contributed by atoms with Gasteiger partial charge in [0.25, 0.3) is 0 Å². The summed E-state index contributed by atoms with van der Waals surface area (Å²) < 4.78 is 19.5. The van der Waals surface area contributed by atoms with Crippen LogP contribution in [0.3, 0.4) is 0 Å². The van der Waals surface area contributed by atoms with Crippen LogP contribution in [0.15, 0.2) is 54.6 Å². The molecule has 132 valence electrons. The van der Waals surface area contributed by atoms with E-state index in [1.807, 2.05) is 30.3 Å². The number of fused-ring (bicyclic) bond motifs is 1. The molecular formula is C22H20FNO2. The predicted molar refractivity (Wildman–Crippen MR) is 99.4 cm³/mol. The molecule has 0 spiro atoms. The molecule has 3 nitrogen and oxygen atoms in total. The number of nitrogens with zero attached hydrogens (tertiary/aromatic N) is 1. The number of hydrogen-bond donors (Lipinski definition) is 0. The van der Waals surface area contributed by atoms with Crippen LogP contribution in [0.4, 0.5) is 4.39 Å². The van der Waals surface area contributed by atoms with Gasteiger partial charge in [0.1, 0.15) is 11.9 Å². The van der Waals surface area contributed by atoms with Crippen LogP contribution in [-0.4, -0.2) is 17.1 Å². The van der Waals surface area contributed by atoms with E-state index >= 15 is 0 Å². The van der Waals surface area contributed by atoms with E-state index in [-0.39, 0.29) is 6.10 Å². The maximum Gasteiger partial charge on any atom is 0.339 e. The zero-order valence-electron chi connectivity index (χ0n) is 14.5. The monoisotopic (exact) mass is 349 g/mol. The van der Waals surface area contributed by atoms with Crippen LogP contribution >= 0.6 is 0 Å². The van der Waals surface area contributed by atoms with Crippen molar-refractivity contribution in [2.45, 2.75) is 38.2 Å². The third-order valence-electron chi connectivity index (χ3n) is 4.89. The third kappa shape index (κ3) is 3.45. The molecule has 0 aliphatic heterocycles. The van der Waals surface area contributed by atoms with Gasteiger partial charge < -0.3 is 4.74 Å². The number of rotatable bonds is 3. The fraction of sp³-hybridized carbons (Fsp3) is 0.273. The average molecular weight is 349 g/mol. The summed E-state index contributed by atoms with van der Waals surface area (Å²) in [4.78, 5) is 17.5. The smallest absolute Gasteiger partial charge is 0.339 e. The Hall–Kier alpha value is -2.75. The summed E-state index contributed by atoms with van der Waals surface area (Å²) in [7, 11) is 0. The fourth-order valence-electron chi connectivity index (χ4n) is 3.52. The number of hydrogen-bond acceptors (Lipinski definition) is 3. The van der Waals surface area contributed by atoms with Crippen molar-refractivity contribution in [1.82, 2.24) is 4.98 Å². The Kier molecular flexibility index (Phi) is 4.65. The van der Waals surface area contributed by atoms with Crippen molar-refractivity contribution in [2.75, 3.05) is 0 Å². The van der Waals surface area contributed by atoms with Gasteiger partial charge in [-0.2, -0.15) is 0 Å². The fourth-order valence-corrected chi connectivity index (χ4v) is 3.52. The van der Waals surface area contributed by atoms with E-state index in [1.165, 1.54) is 18.6 Å². The molecule has 1 aliphatic rings. The SMILES string of the molecule is O=C(OC1CCCCC1)c1cc(-c2ccccc2)nc2ccc(F)cc12. The van der Waals surface area contributed by atoms with Crippen LogP contribution in [0.25, 0.3) is 22.2 Å². The Labute approximate surface area is 151 Å². The Morgan fingerprint density at radius 1 is 1.00 bits per heavy atom. The van der Waals surface area contributed by atoms with Gasteiger partial charge >= 0.3 is 5.97 Å². The minimum Gasteiger partial charge on any atom is -0.459 e. The first kappa shape index (κ1) is 16.7. The van der Waals surface area contributed by atoms with Gasteiger partial charge in [0.2, 0.25) is 0 Å². The molecule has 4 rings (SSSR count). The number of halogens is 1.